The molecule has 0 amide bonds. The maximum absolute atomic E-state index is 5.34. The molecule has 0 unspecified atom stereocenters. The van der Waals surface area contributed by atoms with Gasteiger partial charge in [0.2, 0.25) is 0 Å². The summed E-state index contributed by atoms with van der Waals surface area (Å²) in [5, 5.41) is 0. The molecular formula is C10H20O. The molecule has 0 fully saturated rings. The van der Waals surface area contributed by atoms with Crippen molar-refractivity contribution in [2.45, 2.75) is 40.2 Å². The summed E-state index contributed by atoms with van der Waals surface area (Å²) in [4.78, 5) is 0. The van der Waals surface area contributed by atoms with Gasteiger partial charge < -0.3 is 4.74 Å². The maximum atomic E-state index is 5.34. The molecule has 0 aromatic heterocycles. The lowest BCUT2D eigenvalue weighted by Crippen LogP contribution is -2.01. The second-order valence-electron chi connectivity index (χ2n) is 3.48. The zero-order valence-corrected chi connectivity index (χ0v) is 8.13. The maximum Gasteiger partial charge on any atom is 0.0650 e. The minimum atomic E-state index is 0.346. The van der Waals surface area contributed by atoms with Gasteiger partial charge in [-0.15, -0.1) is 0 Å². The van der Waals surface area contributed by atoms with E-state index in [-0.39, 0.29) is 0 Å². The van der Waals surface area contributed by atoms with E-state index in [9.17, 15) is 0 Å². The van der Waals surface area contributed by atoms with Crippen molar-refractivity contribution in [2.24, 2.45) is 5.92 Å². The first-order chi connectivity index (χ1) is 5.13. The van der Waals surface area contributed by atoms with Crippen molar-refractivity contribution < 1.29 is 4.74 Å². The Morgan fingerprint density at radius 2 is 1.73 bits per heavy atom. The van der Waals surface area contributed by atoms with Crippen LogP contribution in [0.2, 0.25) is 0 Å². The topological polar surface area (TPSA) is 9.23 Å². The monoisotopic (exact) mass is 156 g/mol. The zero-order valence-electron chi connectivity index (χ0n) is 8.13. The van der Waals surface area contributed by atoms with Crippen molar-refractivity contribution in [1.29, 1.82) is 0 Å². The van der Waals surface area contributed by atoms with E-state index >= 15 is 0 Å². The van der Waals surface area contributed by atoms with Crippen LogP contribution >= 0.6 is 0 Å². The first-order valence-corrected chi connectivity index (χ1v) is 4.39. The summed E-state index contributed by atoms with van der Waals surface area (Å²) in [6.07, 6.45) is 5.79. The van der Waals surface area contributed by atoms with Crippen molar-refractivity contribution in [2.75, 3.05) is 6.61 Å². The predicted octanol–water partition coefficient (Wildman–Crippen LogP) is 3.01. The van der Waals surface area contributed by atoms with Crippen LogP contribution in [0, 0.1) is 5.92 Å². The zero-order chi connectivity index (χ0) is 8.69. The molecule has 0 saturated heterocycles. The summed E-state index contributed by atoms with van der Waals surface area (Å²) in [5.74, 6) is 0.755. The van der Waals surface area contributed by atoms with Crippen LogP contribution in [0.3, 0.4) is 0 Å². The van der Waals surface area contributed by atoms with Crippen molar-refractivity contribution in [1.82, 2.24) is 0 Å². The van der Waals surface area contributed by atoms with Crippen molar-refractivity contribution in [3.05, 3.63) is 12.2 Å². The Bertz CT molecular complexity index is 103. The summed E-state index contributed by atoms with van der Waals surface area (Å²) in [5.41, 5.74) is 0. The van der Waals surface area contributed by atoms with E-state index in [0.717, 1.165) is 18.9 Å². The van der Waals surface area contributed by atoms with E-state index in [1.807, 2.05) is 0 Å². The quantitative estimate of drug-likeness (QED) is 0.556. The minimum Gasteiger partial charge on any atom is -0.375 e. The molecule has 0 saturated carbocycles. The third-order valence-electron chi connectivity index (χ3n) is 1.30. The van der Waals surface area contributed by atoms with Crippen molar-refractivity contribution >= 4 is 0 Å². The van der Waals surface area contributed by atoms with Crippen LogP contribution in [0.4, 0.5) is 0 Å². The van der Waals surface area contributed by atoms with Gasteiger partial charge in [-0.25, -0.2) is 0 Å². The van der Waals surface area contributed by atoms with Gasteiger partial charge in [-0.1, -0.05) is 26.0 Å². The van der Waals surface area contributed by atoms with E-state index in [0.29, 0.717) is 6.10 Å². The van der Waals surface area contributed by atoms with Gasteiger partial charge in [0.1, 0.15) is 0 Å². The highest BCUT2D eigenvalue weighted by Crippen LogP contribution is 1.99. The highest BCUT2D eigenvalue weighted by atomic mass is 16.5. The molecule has 0 atom stereocenters. The van der Waals surface area contributed by atoms with E-state index in [4.69, 9.17) is 4.74 Å². The lowest BCUT2D eigenvalue weighted by Gasteiger charge is -2.03. The third-order valence-corrected chi connectivity index (χ3v) is 1.30. The van der Waals surface area contributed by atoms with E-state index in [2.05, 4.69) is 39.8 Å². The van der Waals surface area contributed by atoms with Crippen molar-refractivity contribution in [3.8, 4) is 0 Å². The van der Waals surface area contributed by atoms with Crippen molar-refractivity contribution in [3.63, 3.8) is 0 Å². The molecule has 0 spiro atoms. The van der Waals surface area contributed by atoms with E-state index < -0.39 is 0 Å². The Balaban J connectivity index is 3.17. The smallest absolute Gasteiger partial charge is 0.0650 e. The SMILES string of the molecule is CC(C)C/C=C\COC(C)C. The molecule has 0 N–H and O–H groups in total. The molecule has 0 aliphatic heterocycles. The molecule has 1 nitrogen and oxygen atoms in total. The predicted molar refractivity (Wildman–Crippen MR) is 49.7 cm³/mol. The van der Waals surface area contributed by atoms with Gasteiger partial charge in [-0.3, -0.25) is 0 Å². The number of ether oxygens (including phenoxy) is 1. The molecule has 66 valence electrons. The lowest BCUT2D eigenvalue weighted by molar-refractivity contribution is 0.102. The molecule has 11 heavy (non-hydrogen) atoms. The van der Waals surface area contributed by atoms with Gasteiger partial charge in [-0.2, -0.15) is 0 Å². The standard InChI is InChI=1S/C10H20O/c1-9(2)7-5-6-8-11-10(3)4/h5-6,9-10H,7-8H2,1-4H3/b6-5-. The molecule has 0 aliphatic rings. The molecule has 0 radical (unpaired) electrons. The highest BCUT2D eigenvalue weighted by molar-refractivity contribution is 4.82. The van der Waals surface area contributed by atoms with Crippen LogP contribution < -0.4 is 0 Å². The molecule has 1 heteroatoms. The molecule has 0 aliphatic carbocycles. The molecule has 0 bridgehead atoms. The molecule has 0 aromatic rings. The summed E-state index contributed by atoms with van der Waals surface area (Å²) in [7, 11) is 0. The second-order valence-corrected chi connectivity index (χ2v) is 3.48. The summed E-state index contributed by atoms with van der Waals surface area (Å²) in [6.45, 7) is 9.29. The molecule has 0 heterocycles. The summed E-state index contributed by atoms with van der Waals surface area (Å²) < 4.78 is 5.34. The Hall–Kier alpha value is -0.300. The van der Waals surface area contributed by atoms with E-state index in [1.54, 1.807) is 0 Å². The first-order valence-electron chi connectivity index (χ1n) is 4.39. The number of rotatable bonds is 5. The second kappa shape index (κ2) is 6.41. The highest BCUT2D eigenvalue weighted by Gasteiger charge is 1.89. The van der Waals surface area contributed by atoms with Crippen LogP contribution in [0.1, 0.15) is 34.1 Å². The fourth-order valence-corrected chi connectivity index (χ4v) is 0.684. The van der Waals surface area contributed by atoms with Crippen LogP contribution in [0.15, 0.2) is 12.2 Å². The summed E-state index contributed by atoms with van der Waals surface area (Å²) >= 11 is 0. The Kier molecular flexibility index (Phi) is 6.24. The van der Waals surface area contributed by atoms with Crippen LogP contribution in [-0.4, -0.2) is 12.7 Å². The minimum absolute atomic E-state index is 0.346. The Morgan fingerprint density at radius 1 is 1.09 bits per heavy atom. The van der Waals surface area contributed by atoms with Gasteiger partial charge in [0.25, 0.3) is 0 Å². The third kappa shape index (κ3) is 9.70. The molecule has 0 aromatic carbocycles. The normalized spacial score (nSPS) is 12.2. The fraction of sp³-hybridized carbons (Fsp3) is 0.800. The largest absolute Gasteiger partial charge is 0.375 e. The Morgan fingerprint density at radius 3 is 2.18 bits per heavy atom. The first kappa shape index (κ1) is 10.7. The number of hydrogen-bond acceptors (Lipinski definition) is 1. The van der Waals surface area contributed by atoms with Crippen LogP contribution in [-0.2, 0) is 4.74 Å². The van der Waals surface area contributed by atoms with Crippen LogP contribution in [0.5, 0.6) is 0 Å². The van der Waals surface area contributed by atoms with Gasteiger partial charge in [0.15, 0.2) is 0 Å². The number of allylic oxidation sites excluding steroid dienone is 1. The van der Waals surface area contributed by atoms with E-state index in [1.165, 1.54) is 0 Å². The molecule has 0 rings (SSSR count). The fourth-order valence-electron chi connectivity index (χ4n) is 0.684. The van der Waals surface area contributed by atoms with Gasteiger partial charge in [0, 0.05) is 0 Å². The van der Waals surface area contributed by atoms with Gasteiger partial charge in [-0.05, 0) is 26.2 Å². The summed E-state index contributed by atoms with van der Waals surface area (Å²) in [6, 6.07) is 0. The number of hydrogen-bond donors (Lipinski definition) is 0. The lowest BCUT2D eigenvalue weighted by atomic mass is 10.1. The average molecular weight is 156 g/mol. The van der Waals surface area contributed by atoms with Gasteiger partial charge in [0.05, 0.1) is 12.7 Å². The Labute approximate surface area is 70.4 Å². The average Bonchev–Trinajstić information content (AvgIpc) is 1.85. The van der Waals surface area contributed by atoms with Crippen LogP contribution in [0.25, 0.3) is 0 Å². The van der Waals surface area contributed by atoms with Gasteiger partial charge >= 0.3 is 0 Å². The molecular weight excluding hydrogens is 136 g/mol.